The van der Waals surface area contributed by atoms with E-state index in [1.54, 1.807) is 109 Å². The summed E-state index contributed by atoms with van der Waals surface area (Å²) in [6.07, 6.45) is 39.1. The van der Waals surface area contributed by atoms with Gasteiger partial charge in [-0.25, -0.2) is 28.8 Å². The van der Waals surface area contributed by atoms with Gasteiger partial charge in [0.05, 0.1) is 33.4 Å². The van der Waals surface area contributed by atoms with Gasteiger partial charge in [-0.3, -0.25) is 0 Å². The molecule has 0 radical (unpaired) electrons. The van der Waals surface area contributed by atoms with E-state index in [9.17, 15) is 28.8 Å². The van der Waals surface area contributed by atoms with E-state index in [2.05, 4.69) is 13.8 Å². The third kappa shape index (κ3) is 26.5. The van der Waals surface area contributed by atoms with Crippen LogP contribution in [0, 0.1) is 0 Å². The second kappa shape index (κ2) is 42.3. The van der Waals surface area contributed by atoms with Crippen LogP contribution in [0.1, 0.15) is 267 Å². The van der Waals surface area contributed by atoms with Crippen LogP contribution in [0.15, 0.2) is 194 Å². The third-order valence-electron chi connectivity index (χ3n) is 17.6. The third-order valence-corrected chi connectivity index (χ3v) is 17.6. The Labute approximate surface area is 580 Å². The molecule has 8 rings (SSSR count). The summed E-state index contributed by atoms with van der Waals surface area (Å²) >= 11 is 0. The second-order valence-corrected chi connectivity index (χ2v) is 25.6. The molecule has 0 saturated heterocycles. The van der Waals surface area contributed by atoms with E-state index in [0.717, 1.165) is 36.8 Å². The number of benzene rings is 8. The summed E-state index contributed by atoms with van der Waals surface area (Å²) in [6.45, 7) is 4.53. The molecule has 8 aromatic rings. The summed E-state index contributed by atoms with van der Waals surface area (Å²) in [5.41, 5.74) is 5.62. The normalized spacial score (nSPS) is 11.0. The van der Waals surface area contributed by atoms with Crippen LogP contribution in [0.25, 0.3) is 11.1 Å². The van der Waals surface area contributed by atoms with E-state index >= 15 is 0 Å². The zero-order chi connectivity index (χ0) is 68.8. The van der Waals surface area contributed by atoms with Crippen molar-refractivity contribution < 1.29 is 57.2 Å². The highest BCUT2D eigenvalue weighted by Crippen LogP contribution is 2.28. The number of unbranched alkanes of at least 4 members (excludes halogenated alkanes) is 26. The molecule has 514 valence electrons. The fourth-order valence-electron chi connectivity index (χ4n) is 11.8. The molecule has 8 aromatic carbocycles. The molecule has 0 aliphatic rings. The molecule has 0 amide bonds. The van der Waals surface area contributed by atoms with Crippen LogP contribution in [0.2, 0.25) is 0 Å². The molecule has 0 N–H and O–H groups in total. The minimum atomic E-state index is -0.667. The lowest BCUT2D eigenvalue weighted by Crippen LogP contribution is -2.12. The lowest BCUT2D eigenvalue weighted by molar-refractivity contribution is 0.0713. The molecule has 0 spiro atoms. The first-order valence-corrected chi connectivity index (χ1v) is 36.1. The summed E-state index contributed by atoms with van der Waals surface area (Å²) in [5.74, 6) is -2.26. The van der Waals surface area contributed by atoms with Crippen molar-refractivity contribution in [1.82, 2.24) is 0 Å². The predicted molar refractivity (Wildman–Crippen MR) is 388 cm³/mol. The van der Waals surface area contributed by atoms with Gasteiger partial charge in [-0.1, -0.05) is 241 Å². The van der Waals surface area contributed by atoms with Crippen LogP contribution in [0.4, 0.5) is 0 Å². The van der Waals surface area contributed by atoms with Gasteiger partial charge in [-0.15, -0.1) is 0 Å². The topological polar surface area (TPSA) is 158 Å². The van der Waals surface area contributed by atoms with E-state index < -0.39 is 35.8 Å². The first kappa shape index (κ1) is 74.4. The Hall–Kier alpha value is -9.42. The summed E-state index contributed by atoms with van der Waals surface area (Å²) in [7, 11) is 0. The number of rotatable bonds is 43. The molecule has 0 aliphatic heterocycles. The summed E-state index contributed by atoms with van der Waals surface area (Å²) in [4.78, 5) is 78.8. The van der Waals surface area contributed by atoms with E-state index in [1.807, 2.05) is 24.3 Å². The molecule has 0 fully saturated rings. The first-order chi connectivity index (χ1) is 48.0. The second-order valence-electron chi connectivity index (χ2n) is 25.6. The lowest BCUT2D eigenvalue weighted by Gasteiger charge is -2.10. The summed E-state index contributed by atoms with van der Waals surface area (Å²) in [6, 6.07) is 53.2. The Kier molecular flexibility index (Phi) is 32.1. The molecule has 0 unspecified atom stereocenters. The highest BCUT2D eigenvalue weighted by atomic mass is 16.6. The van der Waals surface area contributed by atoms with Crippen molar-refractivity contribution in [3.05, 3.63) is 239 Å². The van der Waals surface area contributed by atoms with Gasteiger partial charge < -0.3 is 28.4 Å². The predicted octanol–water partition coefficient (Wildman–Crippen LogP) is 22.7. The monoisotopic (exact) mass is 1320 g/mol. The molecule has 98 heavy (non-hydrogen) atoms. The average Bonchev–Trinajstić information content (AvgIpc) is 1.55. The molecule has 0 saturated carbocycles. The number of aryl methyl sites for hydroxylation is 2. The Bertz CT molecular complexity index is 3460. The van der Waals surface area contributed by atoms with Crippen molar-refractivity contribution in [2.45, 2.75) is 206 Å². The first-order valence-electron chi connectivity index (χ1n) is 36.1. The van der Waals surface area contributed by atoms with E-state index in [0.29, 0.717) is 11.1 Å². The van der Waals surface area contributed by atoms with E-state index in [-0.39, 0.29) is 56.8 Å². The smallest absolute Gasteiger partial charge is 0.343 e. The zero-order valence-electron chi connectivity index (χ0n) is 57.6. The molecule has 0 aliphatic carbocycles. The molecule has 0 heterocycles. The summed E-state index contributed by atoms with van der Waals surface area (Å²) in [5, 5.41) is 0. The molecular weight excluding hydrogens is 1220 g/mol. The van der Waals surface area contributed by atoms with E-state index in [4.69, 9.17) is 28.4 Å². The van der Waals surface area contributed by atoms with Gasteiger partial charge in [0, 0.05) is 0 Å². The fourth-order valence-corrected chi connectivity index (χ4v) is 11.8. The Morgan fingerprint density at radius 2 is 0.429 bits per heavy atom. The van der Waals surface area contributed by atoms with Crippen LogP contribution >= 0.6 is 0 Å². The van der Waals surface area contributed by atoms with Gasteiger partial charge in [-0.05, 0) is 181 Å². The lowest BCUT2D eigenvalue weighted by atomic mass is 10.0. The van der Waals surface area contributed by atoms with Crippen molar-refractivity contribution in [2.75, 3.05) is 0 Å². The largest absolute Gasteiger partial charge is 0.423 e. The van der Waals surface area contributed by atoms with Crippen LogP contribution in [0.5, 0.6) is 34.5 Å². The molecule has 0 bridgehead atoms. The maximum atomic E-state index is 13.3. The molecule has 12 heteroatoms. The number of hydrogen-bond acceptors (Lipinski definition) is 12. The van der Waals surface area contributed by atoms with Gasteiger partial charge in [0.15, 0.2) is 0 Å². The molecular formula is C86H98O12. The number of carbonyl (C=O) groups is 6. The fraction of sp³-hybridized carbons (Fsp3) is 0.372. The van der Waals surface area contributed by atoms with Gasteiger partial charge >= 0.3 is 35.8 Å². The number of ether oxygens (including phenoxy) is 6. The molecule has 0 aromatic heterocycles. The van der Waals surface area contributed by atoms with Crippen LogP contribution in [0.3, 0.4) is 0 Å². The number of esters is 6. The molecule has 0 atom stereocenters. The van der Waals surface area contributed by atoms with Crippen molar-refractivity contribution in [3.63, 3.8) is 0 Å². The van der Waals surface area contributed by atoms with Crippen LogP contribution < -0.4 is 28.4 Å². The van der Waals surface area contributed by atoms with Gasteiger partial charge in [0.1, 0.15) is 34.5 Å². The highest BCUT2D eigenvalue weighted by molar-refractivity contribution is 5.96. The minimum Gasteiger partial charge on any atom is -0.423 e. The van der Waals surface area contributed by atoms with E-state index in [1.165, 1.54) is 239 Å². The minimum absolute atomic E-state index is 0.134. The highest BCUT2D eigenvalue weighted by Gasteiger charge is 2.18. The number of carbonyl (C=O) groups excluding carboxylic acids is 6. The maximum absolute atomic E-state index is 13.3. The summed E-state index contributed by atoms with van der Waals surface area (Å²) < 4.78 is 33.7. The molecule has 12 nitrogen and oxygen atoms in total. The number of hydrogen-bond donors (Lipinski definition) is 0. The SMILES string of the molecule is CCCCCCCCCCCCCCCCc1ccc(C(=O)Oc2ccc(C(=O)Oc3cccc(C(=O)Oc4ccc(-c5ccc(OC(=O)c6cccc(OC(=O)c7ccc(OC(=O)c8ccc(CCCCCCCCCCCCCCCC)cc8)cc7)c6)cc5)cc4)c3)cc2)cc1. The van der Waals surface area contributed by atoms with Crippen molar-refractivity contribution in [3.8, 4) is 45.6 Å². The Morgan fingerprint density at radius 1 is 0.214 bits per heavy atom. The standard InChI is InChI=1S/C86H98O12/c1-3-5-7-9-11-13-15-17-19-21-23-25-27-29-33-65-39-43-69(44-40-65)81(87)93-77-59-51-71(52-60-77)83(89)97-79-37-31-35-73(63-79)85(91)95-75-55-47-67(48-56-75)68-49-57-76(58-50-68)96-86(92)74-36-32-38-80(64-74)98-84(90)72-53-61-78(62-54-72)94-82(88)70-45-41-66(42-46-70)34-30-28-26-24-22-20-18-16-14-12-10-8-6-4-2/h31-32,35-64H,3-30,33-34H2,1-2H3. The van der Waals surface area contributed by atoms with Crippen LogP contribution in [-0.2, 0) is 12.8 Å². The quantitative estimate of drug-likeness (QED) is 0.0203. The van der Waals surface area contributed by atoms with Crippen LogP contribution in [-0.4, -0.2) is 35.8 Å². The van der Waals surface area contributed by atoms with Crippen molar-refractivity contribution in [2.24, 2.45) is 0 Å². The zero-order valence-corrected chi connectivity index (χ0v) is 57.6. The average molecular weight is 1320 g/mol. The van der Waals surface area contributed by atoms with Crippen molar-refractivity contribution in [1.29, 1.82) is 0 Å². The van der Waals surface area contributed by atoms with Gasteiger partial charge in [-0.2, -0.15) is 0 Å². The Morgan fingerprint density at radius 3 is 0.694 bits per heavy atom. The van der Waals surface area contributed by atoms with Gasteiger partial charge in [0.25, 0.3) is 0 Å². The van der Waals surface area contributed by atoms with Gasteiger partial charge in [0.2, 0.25) is 0 Å². The maximum Gasteiger partial charge on any atom is 0.343 e. The van der Waals surface area contributed by atoms with Crippen molar-refractivity contribution >= 4 is 35.8 Å². The Balaban J connectivity index is 0.695.